The zero-order valence-electron chi connectivity index (χ0n) is 13.6. The van der Waals surface area contributed by atoms with Crippen LogP contribution in [0, 0.1) is 6.92 Å². The van der Waals surface area contributed by atoms with Crippen LogP contribution in [0.1, 0.15) is 5.82 Å². The smallest absolute Gasteiger partial charge is 0.244 e. The first-order valence-corrected chi connectivity index (χ1v) is 7.87. The summed E-state index contributed by atoms with van der Waals surface area (Å²) in [7, 11) is 0. The molecule has 0 radical (unpaired) electrons. The number of benzene rings is 1. The Labute approximate surface area is 144 Å². The monoisotopic (exact) mass is 332 g/mol. The van der Waals surface area contributed by atoms with Gasteiger partial charge in [0.15, 0.2) is 0 Å². The van der Waals surface area contributed by atoms with Gasteiger partial charge in [-0.25, -0.2) is 15.0 Å². The molecule has 7 nitrogen and oxygen atoms in total. The molecule has 1 amide bonds. The van der Waals surface area contributed by atoms with Gasteiger partial charge in [0.05, 0.1) is 29.2 Å². The van der Waals surface area contributed by atoms with E-state index in [1.54, 1.807) is 18.7 Å². The number of hydrogen-bond acceptors (Lipinski definition) is 4. The van der Waals surface area contributed by atoms with Crippen LogP contribution >= 0.6 is 0 Å². The van der Waals surface area contributed by atoms with Crippen molar-refractivity contribution >= 4 is 22.6 Å². The van der Waals surface area contributed by atoms with Gasteiger partial charge < -0.3 is 9.88 Å². The molecular formula is C18H16N6O. The molecule has 3 heterocycles. The second-order valence-electron chi connectivity index (χ2n) is 5.66. The van der Waals surface area contributed by atoms with Crippen LogP contribution in [0.3, 0.4) is 0 Å². The topological polar surface area (TPSA) is 77.6 Å². The van der Waals surface area contributed by atoms with Crippen molar-refractivity contribution < 1.29 is 4.79 Å². The highest BCUT2D eigenvalue weighted by Gasteiger charge is 2.08. The van der Waals surface area contributed by atoms with Crippen molar-refractivity contribution in [3.05, 3.63) is 67.1 Å². The SMILES string of the molecule is Cc1nccn1-c1ccc(NC(=O)Cn2cnc3ccccc32)cn1. The van der Waals surface area contributed by atoms with E-state index >= 15 is 0 Å². The molecule has 25 heavy (non-hydrogen) atoms. The highest BCUT2D eigenvalue weighted by atomic mass is 16.1. The second-order valence-corrected chi connectivity index (χ2v) is 5.66. The van der Waals surface area contributed by atoms with E-state index in [1.807, 2.05) is 58.7 Å². The van der Waals surface area contributed by atoms with E-state index in [0.717, 1.165) is 22.7 Å². The van der Waals surface area contributed by atoms with E-state index in [1.165, 1.54) is 0 Å². The number of nitrogens with zero attached hydrogens (tertiary/aromatic N) is 5. The van der Waals surface area contributed by atoms with Crippen LogP contribution in [0.5, 0.6) is 0 Å². The zero-order valence-corrected chi connectivity index (χ0v) is 13.6. The lowest BCUT2D eigenvalue weighted by Gasteiger charge is -2.08. The van der Waals surface area contributed by atoms with Gasteiger partial charge in [0.2, 0.25) is 5.91 Å². The number of rotatable bonds is 4. The maximum absolute atomic E-state index is 12.3. The highest BCUT2D eigenvalue weighted by molar-refractivity contribution is 5.91. The third-order valence-corrected chi connectivity index (χ3v) is 3.95. The molecule has 7 heteroatoms. The van der Waals surface area contributed by atoms with Crippen molar-refractivity contribution in [1.82, 2.24) is 24.1 Å². The molecule has 0 saturated heterocycles. The van der Waals surface area contributed by atoms with Gasteiger partial charge in [-0.05, 0) is 31.2 Å². The lowest BCUT2D eigenvalue weighted by Crippen LogP contribution is -2.18. The van der Waals surface area contributed by atoms with Gasteiger partial charge in [-0.2, -0.15) is 0 Å². The summed E-state index contributed by atoms with van der Waals surface area (Å²) in [5.74, 6) is 1.49. The number of carbonyl (C=O) groups is 1. The number of carbonyl (C=O) groups excluding carboxylic acids is 1. The summed E-state index contributed by atoms with van der Waals surface area (Å²) in [5, 5.41) is 2.86. The Morgan fingerprint density at radius 1 is 1.12 bits per heavy atom. The Bertz CT molecular complexity index is 1030. The fraction of sp³-hybridized carbons (Fsp3) is 0.111. The van der Waals surface area contributed by atoms with Gasteiger partial charge in [0, 0.05) is 12.4 Å². The van der Waals surface area contributed by atoms with Gasteiger partial charge in [0.1, 0.15) is 18.2 Å². The lowest BCUT2D eigenvalue weighted by atomic mass is 10.3. The largest absolute Gasteiger partial charge is 0.323 e. The van der Waals surface area contributed by atoms with E-state index in [9.17, 15) is 4.79 Å². The van der Waals surface area contributed by atoms with Gasteiger partial charge >= 0.3 is 0 Å². The number of amides is 1. The first-order chi connectivity index (χ1) is 12.2. The van der Waals surface area contributed by atoms with Crippen molar-refractivity contribution in [3.8, 4) is 5.82 Å². The normalized spacial score (nSPS) is 10.9. The van der Waals surface area contributed by atoms with Crippen LogP contribution in [-0.2, 0) is 11.3 Å². The Hall–Kier alpha value is -3.48. The molecular weight excluding hydrogens is 316 g/mol. The Balaban J connectivity index is 1.47. The van der Waals surface area contributed by atoms with Crippen LogP contribution in [-0.4, -0.2) is 30.0 Å². The molecule has 0 spiro atoms. The number of aryl methyl sites for hydroxylation is 1. The summed E-state index contributed by atoms with van der Waals surface area (Å²) in [6.45, 7) is 2.11. The number of para-hydroxylation sites is 2. The minimum Gasteiger partial charge on any atom is -0.323 e. The standard InChI is InChI=1S/C18H16N6O/c1-13-19-8-9-24(13)17-7-6-14(10-20-17)22-18(25)11-23-12-21-15-4-2-3-5-16(15)23/h2-10,12H,11H2,1H3,(H,22,25). The molecule has 1 N–H and O–H groups in total. The number of pyridine rings is 1. The number of imidazole rings is 2. The summed E-state index contributed by atoms with van der Waals surface area (Å²) >= 11 is 0. The Morgan fingerprint density at radius 3 is 2.76 bits per heavy atom. The third-order valence-electron chi connectivity index (χ3n) is 3.95. The van der Waals surface area contributed by atoms with Crippen molar-refractivity contribution in [3.63, 3.8) is 0 Å². The molecule has 0 unspecified atom stereocenters. The number of hydrogen-bond donors (Lipinski definition) is 1. The van der Waals surface area contributed by atoms with Gasteiger partial charge in [0.25, 0.3) is 0 Å². The molecule has 0 aliphatic carbocycles. The minimum absolute atomic E-state index is 0.128. The molecule has 4 aromatic rings. The van der Waals surface area contributed by atoms with Crippen LogP contribution in [0.4, 0.5) is 5.69 Å². The van der Waals surface area contributed by atoms with Crippen LogP contribution < -0.4 is 5.32 Å². The van der Waals surface area contributed by atoms with Crippen LogP contribution in [0.25, 0.3) is 16.9 Å². The molecule has 1 aromatic carbocycles. The number of aromatic nitrogens is 5. The van der Waals surface area contributed by atoms with Gasteiger partial charge in [-0.15, -0.1) is 0 Å². The molecule has 124 valence electrons. The summed E-state index contributed by atoms with van der Waals surface area (Å²) in [6, 6.07) is 11.4. The number of anilines is 1. The van der Waals surface area contributed by atoms with E-state index in [-0.39, 0.29) is 12.5 Å². The molecule has 3 aromatic heterocycles. The molecule has 0 fully saturated rings. The van der Waals surface area contributed by atoms with Crippen molar-refractivity contribution in [1.29, 1.82) is 0 Å². The van der Waals surface area contributed by atoms with Gasteiger partial charge in [-0.1, -0.05) is 12.1 Å². The minimum atomic E-state index is -0.128. The maximum Gasteiger partial charge on any atom is 0.244 e. The Kier molecular flexibility index (Phi) is 3.74. The summed E-state index contributed by atoms with van der Waals surface area (Å²) in [6.07, 6.45) is 6.88. The predicted molar refractivity (Wildman–Crippen MR) is 94.5 cm³/mol. The number of fused-ring (bicyclic) bond motifs is 1. The zero-order chi connectivity index (χ0) is 17.2. The molecule has 0 atom stereocenters. The van der Waals surface area contributed by atoms with Crippen LogP contribution in [0.15, 0.2) is 61.3 Å². The van der Waals surface area contributed by atoms with E-state index < -0.39 is 0 Å². The summed E-state index contributed by atoms with van der Waals surface area (Å²) in [5.41, 5.74) is 2.45. The van der Waals surface area contributed by atoms with Crippen LogP contribution in [0.2, 0.25) is 0 Å². The van der Waals surface area contributed by atoms with E-state index in [2.05, 4.69) is 20.3 Å². The number of nitrogens with one attached hydrogen (secondary N) is 1. The molecule has 0 bridgehead atoms. The van der Waals surface area contributed by atoms with Gasteiger partial charge in [-0.3, -0.25) is 9.36 Å². The quantitative estimate of drug-likeness (QED) is 0.623. The highest BCUT2D eigenvalue weighted by Crippen LogP contribution is 2.13. The van der Waals surface area contributed by atoms with Crippen molar-refractivity contribution in [2.75, 3.05) is 5.32 Å². The molecule has 4 rings (SSSR count). The second kappa shape index (κ2) is 6.20. The third kappa shape index (κ3) is 2.99. The molecule has 0 aliphatic rings. The van der Waals surface area contributed by atoms with E-state index in [0.29, 0.717) is 5.69 Å². The summed E-state index contributed by atoms with van der Waals surface area (Å²) < 4.78 is 3.70. The van der Waals surface area contributed by atoms with Crippen molar-refractivity contribution in [2.45, 2.75) is 13.5 Å². The molecule has 0 aliphatic heterocycles. The summed E-state index contributed by atoms with van der Waals surface area (Å²) in [4.78, 5) is 25.1. The lowest BCUT2D eigenvalue weighted by molar-refractivity contribution is -0.116. The average molecular weight is 332 g/mol. The van der Waals surface area contributed by atoms with E-state index in [4.69, 9.17) is 0 Å². The predicted octanol–water partition coefficient (Wildman–Crippen LogP) is 2.56. The maximum atomic E-state index is 12.3. The first-order valence-electron chi connectivity index (χ1n) is 7.87. The average Bonchev–Trinajstić information content (AvgIpc) is 3.22. The fourth-order valence-corrected chi connectivity index (χ4v) is 2.71. The Morgan fingerprint density at radius 2 is 2.00 bits per heavy atom. The fourth-order valence-electron chi connectivity index (χ4n) is 2.71. The first kappa shape index (κ1) is 15.1. The van der Waals surface area contributed by atoms with Crippen molar-refractivity contribution in [2.24, 2.45) is 0 Å². The molecule has 0 saturated carbocycles.